The lowest BCUT2D eigenvalue weighted by Crippen LogP contribution is -2.19. The highest BCUT2D eigenvalue weighted by Crippen LogP contribution is 2.32. The van der Waals surface area contributed by atoms with E-state index < -0.39 is 0 Å². The monoisotopic (exact) mass is 277 g/mol. The molecular weight excluding hydrogens is 268 g/mol. The van der Waals surface area contributed by atoms with Crippen LogP contribution in [-0.2, 0) is 4.79 Å². The molecule has 86 valence electrons. The standard InChI is InChI=1S/C11H10Cl3NO/c1-7(16)15-6-2-3-8-9(12)4-5-10(13)11(8)14/h2-5H,6H2,1H3,(H,15,16). The summed E-state index contributed by atoms with van der Waals surface area (Å²) in [6.07, 6.45) is 3.48. The smallest absolute Gasteiger partial charge is 0.217 e. The van der Waals surface area contributed by atoms with Crippen LogP contribution in [0.1, 0.15) is 12.5 Å². The van der Waals surface area contributed by atoms with Crippen molar-refractivity contribution in [1.82, 2.24) is 5.32 Å². The van der Waals surface area contributed by atoms with Gasteiger partial charge in [0.1, 0.15) is 0 Å². The van der Waals surface area contributed by atoms with E-state index in [0.29, 0.717) is 27.2 Å². The van der Waals surface area contributed by atoms with Gasteiger partial charge in [-0.3, -0.25) is 4.79 Å². The van der Waals surface area contributed by atoms with Gasteiger partial charge in [0.2, 0.25) is 5.91 Å². The number of amides is 1. The molecule has 0 saturated heterocycles. The van der Waals surface area contributed by atoms with Crippen molar-refractivity contribution in [3.05, 3.63) is 38.8 Å². The molecule has 16 heavy (non-hydrogen) atoms. The number of hydrogen-bond acceptors (Lipinski definition) is 1. The Kier molecular flexibility index (Phi) is 5.13. The molecule has 1 aromatic carbocycles. The van der Waals surface area contributed by atoms with E-state index in [2.05, 4.69) is 5.32 Å². The van der Waals surface area contributed by atoms with E-state index in [0.717, 1.165) is 0 Å². The Labute approximate surface area is 109 Å². The van der Waals surface area contributed by atoms with E-state index in [1.165, 1.54) is 6.92 Å². The van der Waals surface area contributed by atoms with Gasteiger partial charge in [0, 0.05) is 24.1 Å². The first-order chi connectivity index (χ1) is 7.52. The molecule has 2 nitrogen and oxygen atoms in total. The molecule has 1 amide bonds. The second-order valence-corrected chi connectivity index (χ2v) is 4.29. The van der Waals surface area contributed by atoms with Crippen LogP contribution in [0.3, 0.4) is 0 Å². The maximum atomic E-state index is 10.6. The lowest BCUT2D eigenvalue weighted by atomic mass is 10.2. The topological polar surface area (TPSA) is 29.1 Å². The highest BCUT2D eigenvalue weighted by molar-refractivity contribution is 6.44. The number of rotatable bonds is 3. The Bertz CT molecular complexity index is 429. The molecule has 1 N–H and O–H groups in total. The van der Waals surface area contributed by atoms with E-state index in [9.17, 15) is 4.79 Å². The van der Waals surface area contributed by atoms with Gasteiger partial charge in [-0.2, -0.15) is 0 Å². The van der Waals surface area contributed by atoms with Gasteiger partial charge in [-0.25, -0.2) is 0 Å². The summed E-state index contributed by atoms with van der Waals surface area (Å²) in [4.78, 5) is 10.6. The Hall–Kier alpha value is -0.700. The fourth-order valence-corrected chi connectivity index (χ4v) is 1.74. The Morgan fingerprint density at radius 2 is 1.94 bits per heavy atom. The highest BCUT2D eigenvalue weighted by atomic mass is 35.5. The predicted octanol–water partition coefficient (Wildman–Crippen LogP) is 3.80. The van der Waals surface area contributed by atoms with Crippen LogP contribution in [-0.4, -0.2) is 12.5 Å². The minimum absolute atomic E-state index is 0.0899. The predicted molar refractivity (Wildman–Crippen MR) is 69.2 cm³/mol. The molecule has 0 radical (unpaired) electrons. The van der Waals surface area contributed by atoms with Crippen molar-refractivity contribution in [2.24, 2.45) is 0 Å². The summed E-state index contributed by atoms with van der Waals surface area (Å²) < 4.78 is 0. The molecule has 0 saturated carbocycles. The maximum absolute atomic E-state index is 10.6. The molecule has 0 bridgehead atoms. The second-order valence-electron chi connectivity index (χ2n) is 3.10. The summed E-state index contributed by atoms with van der Waals surface area (Å²) in [5.41, 5.74) is 0.654. The van der Waals surface area contributed by atoms with Gasteiger partial charge in [0.15, 0.2) is 0 Å². The first-order valence-electron chi connectivity index (χ1n) is 4.57. The lowest BCUT2D eigenvalue weighted by molar-refractivity contribution is -0.118. The van der Waals surface area contributed by atoms with Crippen molar-refractivity contribution in [2.45, 2.75) is 6.92 Å². The van der Waals surface area contributed by atoms with Crippen molar-refractivity contribution in [3.63, 3.8) is 0 Å². The average molecular weight is 279 g/mol. The molecule has 0 aliphatic carbocycles. The van der Waals surface area contributed by atoms with Crippen LogP contribution in [0, 0.1) is 0 Å². The number of carbonyl (C=O) groups is 1. The van der Waals surface area contributed by atoms with E-state index in [-0.39, 0.29) is 5.91 Å². The largest absolute Gasteiger partial charge is 0.353 e. The zero-order chi connectivity index (χ0) is 12.1. The van der Waals surface area contributed by atoms with E-state index in [4.69, 9.17) is 34.8 Å². The van der Waals surface area contributed by atoms with Gasteiger partial charge in [0.25, 0.3) is 0 Å². The molecule has 5 heteroatoms. The normalized spacial score (nSPS) is 10.8. The third-order valence-corrected chi connectivity index (χ3v) is 2.98. The van der Waals surface area contributed by atoms with Crippen LogP contribution in [0.4, 0.5) is 0 Å². The van der Waals surface area contributed by atoms with Gasteiger partial charge in [-0.15, -0.1) is 0 Å². The summed E-state index contributed by atoms with van der Waals surface area (Å²) in [5, 5.41) is 4.01. The molecule has 1 rings (SSSR count). The molecule has 0 spiro atoms. The summed E-state index contributed by atoms with van der Waals surface area (Å²) in [5.74, 6) is -0.0899. The fourth-order valence-electron chi connectivity index (χ4n) is 1.07. The van der Waals surface area contributed by atoms with Crippen LogP contribution in [0.15, 0.2) is 18.2 Å². The van der Waals surface area contributed by atoms with Crippen molar-refractivity contribution in [1.29, 1.82) is 0 Å². The number of halogens is 3. The number of carbonyl (C=O) groups excluding carboxylic acids is 1. The Morgan fingerprint density at radius 1 is 1.31 bits per heavy atom. The van der Waals surface area contributed by atoms with Crippen LogP contribution >= 0.6 is 34.8 Å². The molecular formula is C11H10Cl3NO. The summed E-state index contributed by atoms with van der Waals surface area (Å²) >= 11 is 17.8. The molecule has 1 aromatic rings. The van der Waals surface area contributed by atoms with Crippen LogP contribution in [0.2, 0.25) is 15.1 Å². The quantitative estimate of drug-likeness (QED) is 0.837. The van der Waals surface area contributed by atoms with Crippen molar-refractivity contribution in [2.75, 3.05) is 6.54 Å². The molecule has 0 unspecified atom stereocenters. The molecule has 0 aliphatic heterocycles. The Morgan fingerprint density at radius 3 is 2.56 bits per heavy atom. The molecule has 0 heterocycles. The maximum Gasteiger partial charge on any atom is 0.217 e. The van der Waals surface area contributed by atoms with E-state index >= 15 is 0 Å². The molecule has 0 aliphatic rings. The van der Waals surface area contributed by atoms with Gasteiger partial charge < -0.3 is 5.32 Å². The third-order valence-electron chi connectivity index (χ3n) is 1.83. The van der Waals surface area contributed by atoms with Gasteiger partial charge >= 0.3 is 0 Å². The number of benzene rings is 1. The van der Waals surface area contributed by atoms with E-state index in [1.807, 2.05) is 0 Å². The summed E-state index contributed by atoms with van der Waals surface area (Å²) in [6.45, 7) is 1.88. The summed E-state index contributed by atoms with van der Waals surface area (Å²) in [7, 11) is 0. The van der Waals surface area contributed by atoms with Crippen molar-refractivity contribution >= 4 is 46.8 Å². The second kappa shape index (κ2) is 6.14. The number of hydrogen-bond donors (Lipinski definition) is 1. The zero-order valence-electron chi connectivity index (χ0n) is 8.56. The first kappa shape index (κ1) is 13.4. The Balaban J connectivity index is 2.80. The van der Waals surface area contributed by atoms with Crippen molar-refractivity contribution in [3.8, 4) is 0 Å². The van der Waals surface area contributed by atoms with Crippen LogP contribution < -0.4 is 5.32 Å². The highest BCUT2D eigenvalue weighted by Gasteiger charge is 2.06. The van der Waals surface area contributed by atoms with Gasteiger partial charge in [-0.1, -0.05) is 47.0 Å². The molecule has 0 aromatic heterocycles. The van der Waals surface area contributed by atoms with E-state index in [1.54, 1.807) is 24.3 Å². The lowest BCUT2D eigenvalue weighted by Gasteiger charge is -2.03. The first-order valence-corrected chi connectivity index (χ1v) is 5.70. The van der Waals surface area contributed by atoms with Crippen LogP contribution in [0.5, 0.6) is 0 Å². The molecule has 0 atom stereocenters. The average Bonchev–Trinajstić information content (AvgIpc) is 2.22. The van der Waals surface area contributed by atoms with Crippen molar-refractivity contribution < 1.29 is 4.79 Å². The van der Waals surface area contributed by atoms with Crippen LogP contribution in [0.25, 0.3) is 6.08 Å². The minimum atomic E-state index is -0.0899. The third kappa shape index (κ3) is 3.71. The minimum Gasteiger partial charge on any atom is -0.353 e. The van der Waals surface area contributed by atoms with Gasteiger partial charge in [0.05, 0.1) is 10.0 Å². The molecule has 0 fully saturated rings. The summed E-state index contributed by atoms with van der Waals surface area (Å²) in [6, 6.07) is 3.31. The fraction of sp³-hybridized carbons (Fsp3) is 0.182. The zero-order valence-corrected chi connectivity index (χ0v) is 10.8. The SMILES string of the molecule is CC(=O)NCC=Cc1c(Cl)ccc(Cl)c1Cl. The van der Waals surface area contributed by atoms with Gasteiger partial charge in [-0.05, 0) is 12.1 Å². The number of nitrogens with one attached hydrogen (secondary N) is 1.